The molecule has 86 valence electrons. The van der Waals surface area contributed by atoms with Crippen molar-refractivity contribution < 1.29 is 4.79 Å². The summed E-state index contributed by atoms with van der Waals surface area (Å²) in [5.74, 6) is 0. The Morgan fingerprint density at radius 3 is 2.35 bits per heavy atom. The highest BCUT2D eigenvalue weighted by Crippen LogP contribution is 2.17. The third-order valence-corrected chi connectivity index (χ3v) is 2.59. The molecule has 0 aliphatic rings. The summed E-state index contributed by atoms with van der Waals surface area (Å²) < 4.78 is 0. The third-order valence-electron chi connectivity index (χ3n) is 2.59. The Bertz CT molecular complexity index is 489. The minimum atomic E-state index is 0.358. The van der Waals surface area contributed by atoms with Crippen molar-refractivity contribution in [3.05, 3.63) is 47.7 Å². The molecule has 17 heavy (non-hydrogen) atoms. The summed E-state index contributed by atoms with van der Waals surface area (Å²) in [6, 6.07) is 11.8. The Morgan fingerprint density at radius 2 is 1.82 bits per heavy atom. The Hall–Kier alpha value is -2.03. The fourth-order valence-electron chi connectivity index (χ4n) is 1.69. The minimum absolute atomic E-state index is 0.358. The van der Waals surface area contributed by atoms with E-state index in [1.54, 1.807) is 6.07 Å². The molecular weight excluding hydrogens is 212 g/mol. The molecule has 0 N–H and O–H groups in total. The van der Waals surface area contributed by atoms with Crippen molar-refractivity contribution in [2.24, 2.45) is 0 Å². The second-order valence-corrected chi connectivity index (χ2v) is 3.91. The summed E-state index contributed by atoms with van der Waals surface area (Å²) in [6.45, 7) is 2.16. The van der Waals surface area contributed by atoms with Gasteiger partial charge in [-0.2, -0.15) is 0 Å². The summed E-state index contributed by atoms with van der Waals surface area (Å²) >= 11 is 0. The van der Waals surface area contributed by atoms with Gasteiger partial charge in [-0.25, -0.2) is 0 Å². The molecular formula is C14H14N2O. The Morgan fingerprint density at radius 1 is 1.06 bits per heavy atom. The summed E-state index contributed by atoms with van der Waals surface area (Å²) in [5, 5.41) is 7.83. The fourth-order valence-corrected chi connectivity index (χ4v) is 1.69. The molecule has 2 rings (SSSR count). The summed E-state index contributed by atoms with van der Waals surface area (Å²) in [7, 11) is 0. The van der Waals surface area contributed by atoms with Crippen LogP contribution in [0.5, 0.6) is 0 Å². The molecule has 1 heterocycles. The number of hydrogen-bond donors (Lipinski definition) is 0. The second-order valence-electron chi connectivity index (χ2n) is 3.91. The molecule has 0 amide bonds. The van der Waals surface area contributed by atoms with Crippen LogP contribution >= 0.6 is 0 Å². The van der Waals surface area contributed by atoms with Gasteiger partial charge in [0.1, 0.15) is 5.69 Å². The minimum Gasteiger partial charge on any atom is -0.296 e. The van der Waals surface area contributed by atoms with Crippen molar-refractivity contribution in [3.63, 3.8) is 0 Å². The molecule has 3 heteroatoms. The van der Waals surface area contributed by atoms with Gasteiger partial charge in [-0.1, -0.05) is 37.6 Å². The van der Waals surface area contributed by atoms with Crippen LogP contribution in [0.25, 0.3) is 11.3 Å². The van der Waals surface area contributed by atoms with Crippen molar-refractivity contribution in [1.82, 2.24) is 10.2 Å². The topological polar surface area (TPSA) is 42.9 Å². The van der Waals surface area contributed by atoms with E-state index in [9.17, 15) is 4.79 Å². The maximum absolute atomic E-state index is 10.5. The zero-order valence-electron chi connectivity index (χ0n) is 9.76. The molecule has 0 unspecified atom stereocenters. The van der Waals surface area contributed by atoms with Crippen molar-refractivity contribution in [2.75, 3.05) is 0 Å². The van der Waals surface area contributed by atoms with Gasteiger partial charge in [-0.05, 0) is 24.1 Å². The predicted molar refractivity (Wildman–Crippen MR) is 66.9 cm³/mol. The lowest BCUT2D eigenvalue weighted by atomic mass is 10.1. The van der Waals surface area contributed by atoms with Crippen LogP contribution in [0.1, 0.15) is 29.4 Å². The first-order valence-corrected chi connectivity index (χ1v) is 5.71. The summed E-state index contributed by atoms with van der Waals surface area (Å²) in [5.41, 5.74) is 3.50. The molecule has 0 aliphatic carbocycles. The van der Waals surface area contributed by atoms with Gasteiger partial charge in [0, 0.05) is 5.56 Å². The van der Waals surface area contributed by atoms with Crippen molar-refractivity contribution >= 4 is 6.29 Å². The summed E-state index contributed by atoms with van der Waals surface area (Å²) in [4.78, 5) is 10.5. The van der Waals surface area contributed by atoms with Crippen molar-refractivity contribution in [3.8, 4) is 11.3 Å². The standard InChI is InChI=1S/C14H14N2O/c1-2-3-11-4-6-12(7-5-11)14-9-8-13(10-17)15-16-14/h4-10H,2-3H2,1H3. The van der Waals surface area contributed by atoms with Gasteiger partial charge in [-0.15, -0.1) is 10.2 Å². The van der Waals surface area contributed by atoms with E-state index < -0.39 is 0 Å². The van der Waals surface area contributed by atoms with Gasteiger partial charge in [0.2, 0.25) is 0 Å². The van der Waals surface area contributed by atoms with E-state index in [2.05, 4.69) is 29.3 Å². The molecule has 0 bridgehead atoms. The monoisotopic (exact) mass is 226 g/mol. The largest absolute Gasteiger partial charge is 0.296 e. The maximum atomic E-state index is 10.5. The maximum Gasteiger partial charge on any atom is 0.170 e. The number of hydrogen-bond acceptors (Lipinski definition) is 3. The van der Waals surface area contributed by atoms with E-state index in [0.717, 1.165) is 24.1 Å². The van der Waals surface area contributed by atoms with E-state index in [4.69, 9.17) is 0 Å². The molecule has 0 radical (unpaired) electrons. The third kappa shape index (κ3) is 2.75. The molecule has 1 aromatic heterocycles. The van der Waals surface area contributed by atoms with Crippen molar-refractivity contribution in [2.45, 2.75) is 19.8 Å². The van der Waals surface area contributed by atoms with Gasteiger partial charge in [0.25, 0.3) is 0 Å². The first-order chi connectivity index (χ1) is 8.33. The average Bonchev–Trinajstić information content (AvgIpc) is 2.40. The van der Waals surface area contributed by atoms with Crippen LogP contribution in [0.15, 0.2) is 36.4 Å². The van der Waals surface area contributed by atoms with Gasteiger partial charge < -0.3 is 0 Å². The molecule has 0 atom stereocenters. The molecule has 2 aromatic rings. The van der Waals surface area contributed by atoms with Crippen LogP contribution in [0.2, 0.25) is 0 Å². The lowest BCUT2D eigenvalue weighted by Gasteiger charge is -2.02. The van der Waals surface area contributed by atoms with E-state index in [-0.39, 0.29) is 0 Å². The van der Waals surface area contributed by atoms with E-state index in [1.165, 1.54) is 5.56 Å². The van der Waals surface area contributed by atoms with Crippen LogP contribution in [-0.2, 0) is 6.42 Å². The van der Waals surface area contributed by atoms with Gasteiger partial charge in [0.05, 0.1) is 5.69 Å². The number of benzene rings is 1. The summed E-state index contributed by atoms with van der Waals surface area (Å²) in [6.07, 6.45) is 2.93. The number of carbonyl (C=O) groups is 1. The van der Waals surface area contributed by atoms with Crippen LogP contribution in [0.4, 0.5) is 0 Å². The van der Waals surface area contributed by atoms with Crippen LogP contribution in [-0.4, -0.2) is 16.5 Å². The van der Waals surface area contributed by atoms with Crippen LogP contribution < -0.4 is 0 Å². The average molecular weight is 226 g/mol. The molecule has 0 saturated heterocycles. The highest BCUT2D eigenvalue weighted by atomic mass is 16.1. The highest BCUT2D eigenvalue weighted by molar-refractivity contribution is 5.72. The van der Waals surface area contributed by atoms with Crippen LogP contribution in [0, 0.1) is 0 Å². The molecule has 3 nitrogen and oxygen atoms in total. The van der Waals surface area contributed by atoms with Crippen LogP contribution in [0.3, 0.4) is 0 Å². The molecule has 0 fully saturated rings. The Balaban J connectivity index is 2.23. The second kappa shape index (κ2) is 5.34. The van der Waals surface area contributed by atoms with Gasteiger partial charge in [0.15, 0.2) is 6.29 Å². The first kappa shape index (κ1) is 11.5. The molecule has 0 aliphatic heterocycles. The predicted octanol–water partition coefficient (Wildman–Crippen LogP) is 2.91. The lowest BCUT2D eigenvalue weighted by molar-refractivity contribution is 0.111. The number of aromatic nitrogens is 2. The van der Waals surface area contributed by atoms with E-state index >= 15 is 0 Å². The lowest BCUT2D eigenvalue weighted by Crippen LogP contribution is -1.92. The Kier molecular flexibility index (Phi) is 3.60. The fraction of sp³-hybridized carbons (Fsp3) is 0.214. The number of carbonyl (C=O) groups excluding carboxylic acids is 1. The number of aryl methyl sites for hydroxylation is 1. The van der Waals surface area contributed by atoms with Gasteiger partial charge >= 0.3 is 0 Å². The number of rotatable bonds is 4. The zero-order chi connectivity index (χ0) is 12.1. The zero-order valence-corrected chi connectivity index (χ0v) is 9.76. The first-order valence-electron chi connectivity index (χ1n) is 5.71. The quantitative estimate of drug-likeness (QED) is 0.753. The normalized spacial score (nSPS) is 10.2. The van der Waals surface area contributed by atoms with E-state index in [1.807, 2.05) is 18.2 Å². The SMILES string of the molecule is CCCc1ccc(-c2ccc(C=O)nn2)cc1. The smallest absolute Gasteiger partial charge is 0.170 e. The molecule has 0 saturated carbocycles. The van der Waals surface area contributed by atoms with E-state index in [0.29, 0.717) is 12.0 Å². The highest BCUT2D eigenvalue weighted by Gasteiger charge is 2.00. The molecule has 0 spiro atoms. The molecule has 1 aromatic carbocycles. The number of nitrogens with zero attached hydrogens (tertiary/aromatic N) is 2. The van der Waals surface area contributed by atoms with Crippen molar-refractivity contribution in [1.29, 1.82) is 0 Å². The number of aldehydes is 1. The van der Waals surface area contributed by atoms with Gasteiger partial charge in [-0.3, -0.25) is 4.79 Å². The Labute approximate surface area is 101 Å².